The monoisotopic (exact) mass is 332 g/mol. The first-order valence-corrected chi connectivity index (χ1v) is 9.29. The SMILES string of the molecule is Cc1ccc2[nH]c3c(c2c1)C[C@@H]1[C@H](O)CC[C@H]3N1Cc1ccccc1. The molecule has 1 saturated heterocycles. The minimum atomic E-state index is -0.233. The van der Waals surface area contributed by atoms with Crippen LogP contribution in [0.15, 0.2) is 48.5 Å². The van der Waals surface area contributed by atoms with Gasteiger partial charge in [0.1, 0.15) is 0 Å². The zero-order chi connectivity index (χ0) is 17.0. The van der Waals surface area contributed by atoms with E-state index in [1.807, 2.05) is 0 Å². The molecule has 3 heteroatoms. The number of benzene rings is 2. The molecule has 2 aromatic carbocycles. The first-order chi connectivity index (χ1) is 12.2. The lowest BCUT2D eigenvalue weighted by Crippen LogP contribution is -2.53. The first-order valence-electron chi connectivity index (χ1n) is 9.29. The number of aromatic amines is 1. The van der Waals surface area contributed by atoms with Crippen molar-refractivity contribution < 1.29 is 5.11 Å². The lowest BCUT2D eigenvalue weighted by Gasteiger charge is -2.48. The molecule has 2 bridgehead atoms. The zero-order valence-corrected chi connectivity index (χ0v) is 14.6. The largest absolute Gasteiger partial charge is 0.391 e. The van der Waals surface area contributed by atoms with Crippen LogP contribution in [0.4, 0.5) is 0 Å². The number of hydrogen-bond donors (Lipinski definition) is 2. The second kappa shape index (κ2) is 5.72. The second-order valence-corrected chi connectivity index (χ2v) is 7.66. The van der Waals surface area contributed by atoms with Crippen LogP contribution >= 0.6 is 0 Å². The molecule has 5 rings (SSSR count). The van der Waals surface area contributed by atoms with E-state index in [2.05, 4.69) is 65.3 Å². The maximum Gasteiger partial charge on any atom is 0.0699 e. The Hall–Kier alpha value is -2.10. The number of aliphatic hydroxyl groups is 1. The highest BCUT2D eigenvalue weighted by molar-refractivity contribution is 5.86. The van der Waals surface area contributed by atoms with E-state index in [0.29, 0.717) is 6.04 Å². The van der Waals surface area contributed by atoms with Crippen LogP contribution in [0.1, 0.15) is 41.3 Å². The summed E-state index contributed by atoms with van der Waals surface area (Å²) in [6.45, 7) is 3.06. The summed E-state index contributed by atoms with van der Waals surface area (Å²) in [5.74, 6) is 0. The Balaban J connectivity index is 1.60. The maximum absolute atomic E-state index is 10.7. The van der Waals surface area contributed by atoms with Gasteiger partial charge < -0.3 is 10.1 Å². The molecule has 0 aliphatic carbocycles. The van der Waals surface area contributed by atoms with Gasteiger partial charge in [-0.1, -0.05) is 42.0 Å². The number of piperidine rings is 1. The van der Waals surface area contributed by atoms with Crippen molar-refractivity contribution >= 4 is 10.9 Å². The summed E-state index contributed by atoms with van der Waals surface area (Å²) in [6.07, 6.45) is 2.61. The summed E-state index contributed by atoms with van der Waals surface area (Å²) in [7, 11) is 0. The number of aromatic nitrogens is 1. The van der Waals surface area contributed by atoms with Crippen LogP contribution in [0, 0.1) is 6.92 Å². The van der Waals surface area contributed by atoms with Gasteiger partial charge in [0.2, 0.25) is 0 Å². The maximum atomic E-state index is 10.7. The fourth-order valence-electron chi connectivity index (χ4n) is 4.82. The van der Waals surface area contributed by atoms with Crippen molar-refractivity contribution in [2.75, 3.05) is 0 Å². The van der Waals surface area contributed by atoms with Gasteiger partial charge in [-0.3, -0.25) is 4.90 Å². The number of aliphatic hydroxyl groups excluding tert-OH is 1. The van der Waals surface area contributed by atoms with Gasteiger partial charge >= 0.3 is 0 Å². The summed E-state index contributed by atoms with van der Waals surface area (Å²) < 4.78 is 0. The Morgan fingerprint density at radius 3 is 2.80 bits per heavy atom. The fourth-order valence-corrected chi connectivity index (χ4v) is 4.82. The number of aryl methyl sites for hydroxylation is 1. The van der Waals surface area contributed by atoms with Crippen LogP contribution in [0.5, 0.6) is 0 Å². The molecule has 2 aliphatic rings. The van der Waals surface area contributed by atoms with E-state index >= 15 is 0 Å². The Morgan fingerprint density at radius 2 is 1.96 bits per heavy atom. The van der Waals surface area contributed by atoms with E-state index in [1.165, 1.54) is 33.3 Å². The van der Waals surface area contributed by atoms with Crippen LogP contribution in [0.25, 0.3) is 10.9 Å². The molecule has 3 heterocycles. The molecule has 0 saturated carbocycles. The predicted octanol–water partition coefficient (Wildman–Crippen LogP) is 4.10. The third-order valence-corrected chi connectivity index (χ3v) is 6.06. The molecular formula is C22H24N2O. The Bertz CT molecular complexity index is 914. The summed E-state index contributed by atoms with van der Waals surface area (Å²) in [6, 6.07) is 17.9. The number of rotatable bonds is 2. The van der Waals surface area contributed by atoms with Gasteiger partial charge in [-0.2, -0.15) is 0 Å². The van der Waals surface area contributed by atoms with Crippen molar-refractivity contribution in [2.45, 2.75) is 50.9 Å². The van der Waals surface area contributed by atoms with Crippen LogP contribution in [-0.4, -0.2) is 27.1 Å². The van der Waals surface area contributed by atoms with Crippen LogP contribution < -0.4 is 0 Å². The van der Waals surface area contributed by atoms with Gasteiger partial charge in [0.05, 0.1) is 12.1 Å². The molecule has 0 unspecified atom stereocenters. The quantitative estimate of drug-likeness (QED) is 0.742. The average molecular weight is 332 g/mol. The minimum absolute atomic E-state index is 0.214. The molecule has 128 valence electrons. The zero-order valence-electron chi connectivity index (χ0n) is 14.6. The van der Waals surface area contributed by atoms with Crippen molar-refractivity contribution in [1.29, 1.82) is 0 Å². The van der Waals surface area contributed by atoms with Gasteiger partial charge in [0.15, 0.2) is 0 Å². The molecule has 1 fully saturated rings. The molecule has 3 aromatic rings. The van der Waals surface area contributed by atoms with E-state index in [-0.39, 0.29) is 12.1 Å². The predicted molar refractivity (Wildman–Crippen MR) is 100 cm³/mol. The summed E-state index contributed by atoms with van der Waals surface area (Å²) >= 11 is 0. The van der Waals surface area contributed by atoms with Gasteiger partial charge in [-0.15, -0.1) is 0 Å². The van der Waals surface area contributed by atoms with Gasteiger partial charge in [0, 0.05) is 29.2 Å². The topological polar surface area (TPSA) is 39.3 Å². The minimum Gasteiger partial charge on any atom is -0.391 e. The molecule has 3 nitrogen and oxygen atoms in total. The highest BCUT2D eigenvalue weighted by atomic mass is 16.3. The molecule has 0 radical (unpaired) electrons. The number of nitrogens with one attached hydrogen (secondary N) is 1. The smallest absolute Gasteiger partial charge is 0.0699 e. The fraction of sp³-hybridized carbons (Fsp3) is 0.364. The average Bonchev–Trinajstić information content (AvgIpc) is 2.97. The standard InChI is InChI=1S/C22H24N2O/c1-14-7-8-18-16(11-14)17-12-20-21(25)10-9-19(22(17)23-18)24(20)13-15-5-3-2-4-6-15/h2-8,11,19-21,23,25H,9-10,12-13H2,1H3/t19-,20-,21-/m1/s1. The number of nitrogens with zero attached hydrogens (tertiary/aromatic N) is 1. The van der Waals surface area contributed by atoms with Gasteiger partial charge in [0.25, 0.3) is 0 Å². The normalized spacial score (nSPS) is 25.9. The molecule has 25 heavy (non-hydrogen) atoms. The lowest BCUT2D eigenvalue weighted by molar-refractivity contribution is -0.0368. The molecule has 0 spiro atoms. The molecule has 3 atom stereocenters. The van der Waals surface area contributed by atoms with E-state index in [9.17, 15) is 5.11 Å². The van der Waals surface area contributed by atoms with E-state index in [0.717, 1.165) is 25.8 Å². The molecule has 2 aliphatic heterocycles. The summed E-state index contributed by atoms with van der Waals surface area (Å²) in [5, 5.41) is 12.1. The Labute approximate surface area is 148 Å². The molecule has 2 N–H and O–H groups in total. The molecular weight excluding hydrogens is 308 g/mol. The summed E-state index contributed by atoms with van der Waals surface area (Å²) in [5.41, 5.74) is 6.66. The third-order valence-electron chi connectivity index (χ3n) is 6.06. The molecule has 1 aromatic heterocycles. The number of H-pyrrole nitrogens is 1. The van der Waals surface area contributed by atoms with E-state index in [4.69, 9.17) is 0 Å². The summed E-state index contributed by atoms with van der Waals surface area (Å²) in [4.78, 5) is 6.23. The third kappa shape index (κ3) is 2.42. The Kier molecular flexibility index (Phi) is 3.47. The first kappa shape index (κ1) is 15.2. The van der Waals surface area contributed by atoms with Crippen molar-refractivity contribution in [2.24, 2.45) is 0 Å². The number of fused-ring (bicyclic) bond motifs is 6. The lowest BCUT2D eigenvalue weighted by atomic mass is 9.80. The Morgan fingerprint density at radius 1 is 1.12 bits per heavy atom. The van der Waals surface area contributed by atoms with Crippen LogP contribution in [-0.2, 0) is 13.0 Å². The van der Waals surface area contributed by atoms with Crippen LogP contribution in [0.2, 0.25) is 0 Å². The van der Waals surface area contributed by atoms with E-state index in [1.54, 1.807) is 0 Å². The highest BCUT2D eigenvalue weighted by Crippen LogP contribution is 2.44. The number of hydrogen-bond acceptors (Lipinski definition) is 2. The van der Waals surface area contributed by atoms with Crippen molar-refractivity contribution in [1.82, 2.24) is 9.88 Å². The second-order valence-electron chi connectivity index (χ2n) is 7.66. The van der Waals surface area contributed by atoms with Gasteiger partial charge in [-0.25, -0.2) is 0 Å². The van der Waals surface area contributed by atoms with Crippen molar-refractivity contribution in [3.8, 4) is 0 Å². The van der Waals surface area contributed by atoms with Crippen molar-refractivity contribution in [3.05, 3.63) is 70.9 Å². The van der Waals surface area contributed by atoms with E-state index < -0.39 is 0 Å². The molecule has 0 amide bonds. The van der Waals surface area contributed by atoms with Crippen molar-refractivity contribution in [3.63, 3.8) is 0 Å². The van der Waals surface area contributed by atoms with Crippen LogP contribution in [0.3, 0.4) is 0 Å². The highest BCUT2D eigenvalue weighted by Gasteiger charge is 2.43. The van der Waals surface area contributed by atoms with Gasteiger partial charge in [-0.05, 0) is 49.4 Å².